The van der Waals surface area contributed by atoms with Gasteiger partial charge in [-0.3, -0.25) is 0 Å². The van der Waals surface area contributed by atoms with Crippen molar-refractivity contribution in [2.24, 2.45) is 23.7 Å². The summed E-state index contributed by atoms with van der Waals surface area (Å²) >= 11 is 0. The molecule has 0 radical (unpaired) electrons. The van der Waals surface area contributed by atoms with Crippen LogP contribution in [0.25, 0.3) is 0 Å². The standard InChI is InChI=1S/C15H23N/c1-3-11(4-2)16-15-9-10-8-14(15)13-7-5-6-12(10)13/h1,10-16H,4-9H2,2H3. The average Bonchev–Trinajstić information content (AvgIpc) is 2.96. The Balaban J connectivity index is 1.66. The third-order valence-corrected chi connectivity index (χ3v) is 5.45. The molecule has 2 bridgehead atoms. The lowest BCUT2D eigenvalue weighted by molar-refractivity contribution is 0.203. The SMILES string of the molecule is C#CC(CC)NC1CC2CC1C1CCCC21. The molecule has 16 heavy (non-hydrogen) atoms. The highest BCUT2D eigenvalue weighted by molar-refractivity contribution is 5.08. The molecule has 1 N–H and O–H groups in total. The molecular formula is C15H23N. The Morgan fingerprint density at radius 3 is 2.81 bits per heavy atom. The maximum absolute atomic E-state index is 5.55. The first-order valence-electron chi connectivity index (χ1n) is 7.05. The van der Waals surface area contributed by atoms with E-state index in [1.807, 2.05) is 0 Å². The summed E-state index contributed by atoms with van der Waals surface area (Å²) in [5.74, 6) is 7.02. The van der Waals surface area contributed by atoms with Crippen LogP contribution in [0.3, 0.4) is 0 Å². The fourth-order valence-corrected chi connectivity index (χ4v) is 4.80. The van der Waals surface area contributed by atoms with Crippen LogP contribution in [-0.4, -0.2) is 12.1 Å². The van der Waals surface area contributed by atoms with Gasteiger partial charge >= 0.3 is 0 Å². The lowest BCUT2D eigenvalue weighted by Crippen LogP contribution is -2.43. The van der Waals surface area contributed by atoms with Gasteiger partial charge in [0.1, 0.15) is 0 Å². The van der Waals surface area contributed by atoms with Crippen molar-refractivity contribution in [2.45, 2.75) is 57.5 Å². The summed E-state index contributed by atoms with van der Waals surface area (Å²) in [5, 5.41) is 3.72. The van der Waals surface area contributed by atoms with Gasteiger partial charge in [0.15, 0.2) is 0 Å². The molecule has 6 unspecified atom stereocenters. The van der Waals surface area contributed by atoms with E-state index in [0.29, 0.717) is 6.04 Å². The Morgan fingerprint density at radius 2 is 2.06 bits per heavy atom. The van der Waals surface area contributed by atoms with Crippen LogP contribution in [0.1, 0.15) is 45.4 Å². The summed E-state index contributed by atoms with van der Waals surface area (Å²) in [5.41, 5.74) is 0. The third kappa shape index (κ3) is 1.51. The fraction of sp³-hybridized carbons (Fsp3) is 0.867. The first-order valence-corrected chi connectivity index (χ1v) is 7.05. The van der Waals surface area contributed by atoms with Crippen molar-refractivity contribution in [3.63, 3.8) is 0 Å². The second kappa shape index (κ2) is 4.08. The second-order valence-corrected chi connectivity index (χ2v) is 6.05. The van der Waals surface area contributed by atoms with Crippen molar-refractivity contribution in [2.75, 3.05) is 0 Å². The number of hydrogen-bond acceptors (Lipinski definition) is 1. The van der Waals surface area contributed by atoms with Gasteiger partial charge in [0.25, 0.3) is 0 Å². The summed E-state index contributed by atoms with van der Waals surface area (Å²) < 4.78 is 0. The van der Waals surface area contributed by atoms with Crippen LogP contribution in [0.15, 0.2) is 0 Å². The van der Waals surface area contributed by atoms with Gasteiger partial charge in [0.05, 0.1) is 6.04 Å². The van der Waals surface area contributed by atoms with E-state index in [9.17, 15) is 0 Å². The number of hydrogen-bond donors (Lipinski definition) is 1. The minimum Gasteiger partial charge on any atom is -0.301 e. The van der Waals surface area contributed by atoms with Crippen LogP contribution in [0, 0.1) is 36.0 Å². The lowest BCUT2D eigenvalue weighted by atomic mass is 9.79. The first kappa shape index (κ1) is 10.7. The topological polar surface area (TPSA) is 12.0 Å². The van der Waals surface area contributed by atoms with E-state index in [4.69, 9.17) is 6.42 Å². The van der Waals surface area contributed by atoms with E-state index >= 15 is 0 Å². The van der Waals surface area contributed by atoms with Crippen molar-refractivity contribution in [3.8, 4) is 12.3 Å². The molecule has 0 aliphatic heterocycles. The molecule has 3 aliphatic rings. The minimum absolute atomic E-state index is 0.309. The molecule has 0 heterocycles. The normalized spacial score (nSPS) is 46.6. The van der Waals surface area contributed by atoms with Crippen LogP contribution >= 0.6 is 0 Å². The van der Waals surface area contributed by atoms with Crippen molar-refractivity contribution < 1.29 is 0 Å². The van der Waals surface area contributed by atoms with Gasteiger partial charge in [-0.15, -0.1) is 6.42 Å². The molecular weight excluding hydrogens is 194 g/mol. The van der Waals surface area contributed by atoms with Crippen molar-refractivity contribution >= 4 is 0 Å². The molecule has 0 aromatic rings. The number of terminal acetylenes is 1. The van der Waals surface area contributed by atoms with E-state index in [1.54, 1.807) is 0 Å². The Hall–Kier alpha value is -0.480. The van der Waals surface area contributed by atoms with Crippen molar-refractivity contribution in [3.05, 3.63) is 0 Å². The highest BCUT2D eigenvalue weighted by Gasteiger charge is 2.53. The van der Waals surface area contributed by atoms with Crippen molar-refractivity contribution in [1.29, 1.82) is 0 Å². The highest BCUT2D eigenvalue weighted by Crippen LogP contribution is 2.58. The van der Waals surface area contributed by atoms with E-state index in [-0.39, 0.29) is 0 Å². The van der Waals surface area contributed by atoms with Crippen LogP contribution in [0.5, 0.6) is 0 Å². The summed E-state index contributed by atoms with van der Waals surface area (Å²) in [6, 6.07) is 1.05. The molecule has 0 amide bonds. The Labute approximate surface area is 99.4 Å². The van der Waals surface area contributed by atoms with Gasteiger partial charge in [-0.05, 0) is 55.8 Å². The average molecular weight is 217 g/mol. The molecule has 3 fully saturated rings. The summed E-state index contributed by atoms with van der Waals surface area (Å²) in [4.78, 5) is 0. The van der Waals surface area contributed by atoms with Crippen LogP contribution in [0.4, 0.5) is 0 Å². The third-order valence-electron chi connectivity index (χ3n) is 5.45. The molecule has 3 rings (SSSR count). The molecule has 0 aromatic heterocycles. The maximum Gasteiger partial charge on any atom is 0.0686 e. The molecule has 0 aromatic carbocycles. The van der Waals surface area contributed by atoms with E-state index < -0.39 is 0 Å². The smallest absolute Gasteiger partial charge is 0.0686 e. The maximum atomic E-state index is 5.55. The van der Waals surface area contributed by atoms with Gasteiger partial charge in [-0.2, -0.15) is 0 Å². The molecule has 1 nitrogen and oxygen atoms in total. The molecule has 0 saturated heterocycles. The largest absolute Gasteiger partial charge is 0.301 e. The zero-order valence-electron chi connectivity index (χ0n) is 10.3. The Morgan fingerprint density at radius 1 is 1.25 bits per heavy atom. The van der Waals surface area contributed by atoms with Gasteiger partial charge in [0.2, 0.25) is 0 Å². The lowest BCUT2D eigenvalue weighted by Gasteiger charge is -2.33. The molecule has 1 heteroatoms. The van der Waals surface area contributed by atoms with E-state index in [0.717, 1.165) is 36.1 Å². The molecule has 3 saturated carbocycles. The number of fused-ring (bicyclic) bond motifs is 5. The van der Waals surface area contributed by atoms with Crippen LogP contribution < -0.4 is 5.32 Å². The monoisotopic (exact) mass is 217 g/mol. The second-order valence-electron chi connectivity index (χ2n) is 6.05. The Bertz CT molecular complexity index is 303. The van der Waals surface area contributed by atoms with Gasteiger partial charge in [-0.1, -0.05) is 19.3 Å². The van der Waals surface area contributed by atoms with Gasteiger partial charge < -0.3 is 5.32 Å². The van der Waals surface area contributed by atoms with Crippen LogP contribution in [-0.2, 0) is 0 Å². The summed E-state index contributed by atoms with van der Waals surface area (Å²) in [7, 11) is 0. The van der Waals surface area contributed by atoms with Crippen LogP contribution in [0.2, 0.25) is 0 Å². The fourth-order valence-electron chi connectivity index (χ4n) is 4.80. The van der Waals surface area contributed by atoms with Gasteiger partial charge in [0, 0.05) is 6.04 Å². The van der Waals surface area contributed by atoms with Gasteiger partial charge in [-0.25, -0.2) is 0 Å². The quantitative estimate of drug-likeness (QED) is 0.717. The molecule has 6 atom stereocenters. The zero-order chi connectivity index (χ0) is 11.1. The first-order chi connectivity index (χ1) is 7.83. The van der Waals surface area contributed by atoms with E-state index in [2.05, 4.69) is 18.2 Å². The summed E-state index contributed by atoms with van der Waals surface area (Å²) in [6.07, 6.45) is 14.0. The number of nitrogens with one attached hydrogen (secondary N) is 1. The predicted octanol–water partition coefficient (Wildman–Crippen LogP) is 2.81. The number of rotatable bonds is 3. The zero-order valence-corrected chi connectivity index (χ0v) is 10.3. The summed E-state index contributed by atoms with van der Waals surface area (Å²) in [6.45, 7) is 2.18. The minimum atomic E-state index is 0.309. The highest BCUT2D eigenvalue weighted by atomic mass is 15.0. The molecule has 0 spiro atoms. The molecule has 88 valence electrons. The molecule has 3 aliphatic carbocycles. The predicted molar refractivity (Wildman–Crippen MR) is 66.9 cm³/mol. The van der Waals surface area contributed by atoms with Crippen molar-refractivity contribution in [1.82, 2.24) is 5.32 Å². The van der Waals surface area contributed by atoms with E-state index in [1.165, 1.54) is 32.1 Å². The Kier molecular flexibility index (Phi) is 2.72.